The smallest absolute Gasteiger partial charge is 0.220 e. The molecule has 1 aliphatic carbocycles. The quantitative estimate of drug-likeness (QED) is 0.642. The highest BCUT2D eigenvalue weighted by molar-refractivity contribution is 5.75. The lowest BCUT2D eigenvalue weighted by Crippen LogP contribution is -2.36. The Labute approximate surface area is 98.6 Å². The summed E-state index contributed by atoms with van der Waals surface area (Å²) in [6.45, 7) is 6.93. The van der Waals surface area contributed by atoms with E-state index in [1.807, 2.05) is 6.92 Å². The third-order valence-corrected chi connectivity index (χ3v) is 3.02. The molecule has 4 heteroatoms. The molecule has 0 aromatic heterocycles. The minimum atomic E-state index is 0.115. The molecule has 0 aromatic rings. The summed E-state index contributed by atoms with van der Waals surface area (Å²) in [5, 5.41) is 2.95. The first-order valence-corrected chi connectivity index (χ1v) is 6.39. The molecule has 4 nitrogen and oxygen atoms in total. The van der Waals surface area contributed by atoms with Crippen LogP contribution < -0.4 is 11.1 Å². The van der Waals surface area contributed by atoms with Crippen LogP contribution in [0.15, 0.2) is 0 Å². The fourth-order valence-corrected chi connectivity index (χ4v) is 1.82. The number of nitrogens with one attached hydrogen (secondary N) is 1. The number of likely N-dealkylation sites (N-methyl/N-ethyl adjacent to an activating group) is 1. The third kappa shape index (κ3) is 5.47. The SMILES string of the molecule is CCN(CCNC(=O)CCC(C)N)C1CC1. The normalized spacial score (nSPS) is 17.5. The van der Waals surface area contributed by atoms with Gasteiger partial charge in [-0.25, -0.2) is 0 Å². The zero-order valence-electron chi connectivity index (χ0n) is 10.5. The molecule has 3 N–H and O–H groups in total. The second kappa shape index (κ2) is 6.86. The molecule has 0 spiro atoms. The Kier molecular flexibility index (Phi) is 5.77. The molecule has 1 atom stereocenters. The summed E-state index contributed by atoms with van der Waals surface area (Å²) in [6.07, 6.45) is 3.97. The average molecular weight is 227 g/mol. The summed E-state index contributed by atoms with van der Waals surface area (Å²) in [5.74, 6) is 0.129. The second-order valence-electron chi connectivity index (χ2n) is 4.73. The number of amides is 1. The van der Waals surface area contributed by atoms with Gasteiger partial charge in [0.15, 0.2) is 0 Å². The van der Waals surface area contributed by atoms with E-state index in [4.69, 9.17) is 5.73 Å². The molecule has 0 heterocycles. The van der Waals surface area contributed by atoms with E-state index in [0.29, 0.717) is 6.42 Å². The van der Waals surface area contributed by atoms with Gasteiger partial charge >= 0.3 is 0 Å². The molecule has 1 amide bonds. The van der Waals surface area contributed by atoms with E-state index in [1.54, 1.807) is 0 Å². The van der Waals surface area contributed by atoms with Gasteiger partial charge in [-0.3, -0.25) is 9.69 Å². The highest BCUT2D eigenvalue weighted by Crippen LogP contribution is 2.25. The monoisotopic (exact) mass is 227 g/mol. The van der Waals surface area contributed by atoms with E-state index in [9.17, 15) is 4.79 Å². The van der Waals surface area contributed by atoms with Gasteiger partial charge in [0.25, 0.3) is 0 Å². The van der Waals surface area contributed by atoms with Crippen molar-refractivity contribution in [2.45, 2.75) is 51.6 Å². The summed E-state index contributed by atoms with van der Waals surface area (Å²) < 4.78 is 0. The van der Waals surface area contributed by atoms with Crippen molar-refractivity contribution in [3.8, 4) is 0 Å². The Bertz CT molecular complexity index is 214. The lowest BCUT2D eigenvalue weighted by molar-refractivity contribution is -0.121. The summed E-state index contributed by atoms with van der Waals surface area (Å²) in [5.41, 5.74) is 5.60. The molecule has 1 rings (SSSR count). The van der Waals surface area contributed by atoms with Crippen molar-refractivity contribution in [3.63, 3.8) is 0 Å². The van der Waals surface area contributed by atoms with Crippen LogP contribution in [-0.4, -0.2) is 42.5 Å². The van der Waals surface area contributed by atoms with Crippen LogP contribution in [0.3, 0.4) is 0 Å². The van der Waals surface area contributed by atoms with Gasteiger partial charge in [0, 0.05) is 31.6 Å². The Morgan fingerprint density at radius 2 is 2.25 bits per heavy atom. The molecular formula is C12H25N3O. The molecule has 0 aliphatic heterocycles. The molecule has 1 saturated carbocycles. The van der Waals surface area contributed by atoms with E-state index in [-0.39, 0.29) is 11.9 Å². The number of hydrogen-bond donors (Lipinski definition) is 2. The molecule has 16 heavy (non-hydrogen) atoms. The van der Waals surface area contributed by atoms with Gasteiger partial charge < -0.3 is 11.1 Å². The van der Waals surface area contributed by atoms with Crippen molar-refractivity contribution in [3.05, 3.63) is 0 Å². The Balaban J connectivity index is 2.02. The van der Waals surface area contributed by atoms with Gasteiger partial charge in [0.1, 0.15) is 0 Å². The summed E-state index contributed by atoms with van der Waals surface area (Å²) in [6, 6.07) is 0.898. The van der Waals surface area contributed by atoms with Gasteiger partial charge in [-0.05, 0) is 32.7 Å². The standard InChI is InChI=1S/C12H25N3O/c1-3-15(11-5-6-11)9-8-14-12(16)7-4-10(2)13/h10-11H,3-9,13H2,1-2H3,(H,14,16). The summed E-state index contributed by atoms with van der Waals surface area (Å²) in [7, 11) is 0. The zero-order chi connectivity index (χ0) is 12.0. The van der Waals surface area contributed by atoms with Crippen molar-refractivity contribution in [2.24, 2.45) is 5.73 Å². The number of rotatable bonds is 8. The van der Waals surface area contributed by atoms with E-state index < -0.39 is 0 Å². The van der Waals surface area contributed by atoms with Crippen LogP contribution in [0.4, 0.5) is 0 Å². The van der Waals surface area contributed by atoms with Crippen molar-refractivity contribution in [2.75, 3.05) is 19.6 Å². The Hall–Kier alpha value is -0.610. The van der Waals surface area contributed by atoms with E-state index >= 15 is 0 Å². The lowest BCUT2D eigenvalue weighted by atomic mass is 10.2. The van der Waals surface area contributed by atoms with Crippen molar-refractivity contribution < 1.29 is 4.79 Å². The van der Waals surface area contributed by atoms with Crippen LogP contribution in [-0.2, 0) is 4.79 Å². The van der Waals surface area contributed by atoms with Crippen LogP contribution in [0.5, 0.6) is 0 Å². The topological polar surface area (TPSA) is 58.4 Å². The van der Waals surface area contributed by atoms with Crippen LogP contribution in [0.1, 0.15) is 39.5 Å². The fraction of sp³-hybridized carbons (Fsp3) is 0.917. The Morgan fingerprint density at radius 3 is 2.75 bits per heavy atom. The van der Waals surface area contributed by atoms with Crippen molar-refractivity contribution in [1.82, 2.24) is 10.2 Å². The minimum absolute atomic E-state index is 0.115. The van der Waals surface area contributed by atoms with Crippen LogP contribution in [0, 0.1) is 0 Å². The second-order valence-corrected chi connectivity index (χ2v) is 4.73. The van der Waals surface area contributed by atoms with Gasteiger partial charge in [-0.15, -0.1) is 0 Å². The maximum atomic E-state index is 11.4. The van der Waals surface area contributed by atoms with Crippen LogP contribution in [0.2, 0.25) is 0 Å². The summed E-state index contributed by atoms with van der Waals surface area (Å²) in [4.78, 5) is 13.9. The number of carbonyl (C=O) groups excluding carboxylic acids is 1. The van der Waals surface area contributed by atoms with Gasteiger partial charge in [-0.1, -0.05) is 6.92 Å². The molecule has 0 radical (unpaired) electrons. The van der Waals surface area contributed by atoms with Gasteiger partial charge in [-0.2, -0.15) is 0 Å². The minimum Gasteiger partial charge on any atom is -0.355 e. The van der Waals surface area contributed by atoms with Crippen LogP contribution >= 0.6 is 0 Å². The molecule has 0 bridgehead atoms. The fourth-order valence-electron chi connectivity index (χ4n) is 1.82. The predicted octanol–water partition coefficient (Wildman–Crippen LogP) is 0.714. The van der Waals surface area contributed by atoms with Crippen LogP contribution in [0.25, 0.3) is 0 Å². The highest BCUT2D eigenvalue weighted by atomic mass is 16.1. The average Bonchev–Trinajstić information content (AvgIpc) is 3.05. The maximum Gasteiger partial charge on any atom is 0.220 e. The predicted molar refractivity (Wildman–Crippen MR) is 66.2 cm³/mol. The molecule has 0 saturated heterocycles. The number of nitrogens with zero attached hydrogens (tertiary/aromatic N) is 1. The molecule has 0 aromatic carbocycles. The zero-order valence-corrected chi connectivity index (χ0v) is 10.5. The Morgan fingerprint density at radius 1 is 1.56 bits per heavy atom. The molecule has 1 unspecified atom stereocenters. The van der Waals surface area contributed by atoms with E-state index in [0.717, 1.165) is 32.1 Å². The van der Waals surface area contributed by atoms with E-state index in [1.165, 1.54) is 12.8 Å². The van der Waals surface area contributed by atoms with E-state index in [2.05, 4.69) is 17.1 Å². The molecule has 1 fully saturated rings. The highest BCUT2D eigenvalue weighted by Gasteiger charge is 2.27. The summed E-state index contributed by atoms with van der Waals surface area (Å²) >= 11 is 0. The molecule has 94 valence electrons. The first kappa shape index (κ1) is 13.5. The maximum absolute atomic E-state index is 11.4. The number of hydrogen-bond acceptors (Lipinski definition) is 3. The first-order valence-electron chi connectivity index (χ1n) is 6.39. The lowest BCUT2D eigenvalue weighted by Gasteiger charge is -2.19. The van der Waals surface area contributed by atoms with Crippen molar-refractivity contribution >= 4 is 5.91 Å². The number of nitrogens with two attached hydrogens (primary N) is 1. The largest absolute Gasteiger partial charge is 0.355 e. The molecule has 1 aliphatic rings. The van der Waals surface area contributed by atoms with Crippen molar-refractivity contribution in [1.29, 1.82) is 0 Å². The number of carbonyl (C=O) groups is 1. The van der Waals surface area contributed by atoms with Gasteiger partial charge in [0.05, 0.1) is 0 Å². The third-order valence-electron chi connectivity index (χ3n) is 3.02. The first-order chi connectivity index (χ1) is 7.63. The molecular weight excluding hydrogens is 202 g/mol. The van der Waals surface area contributed by atoms with Gasteiger partial charge in [0.2, 0.25) is 5.91 Å².